The van der Waals surface area contributed by atoms with Crippen molar-refractivity contribution in [3.63, 3.8) is 0 Å². The van der Waals surface area contributed by atoms with Gasteiger partial charge in [0.15, 0.2) is 25.8 Å². The van der Waals surface area contributed by atoms with E-state index in [0.717, 1.165) is 11.1 Å². The molecule has 1 heterocycles. The number of rotatable bonds is 7. The molecule has 1 aromatic carbocycles. The molecule has 0 saturated carbocycles. The van der Waals surface area contributed by atoms with Gasteiger partial charge in [0.05, 0.1) is 24.9 Å². The standard InChI is InChI=1S/C14H16N3O3P/c1-3-19-12-10(7-21-18)5-6-11(13(12)20-4-2)14-16-8-15-9-17-14/h5-6,8-9H,3-4,7H2,1-2H3. The van der Waals surface area contributed by atoms with Crippen molar-refractivity contribution in [2.75, 3.05) is 13.2 Å². The summed E-state index contributed by atoms with van der Waals surface area (Å²) < 4.78 is 22.4. The van der Waals surface area contributed by atoms with E-state index in [-0.39, 0.29) is 8.46 Å². The number of ether oxygens (including phenoxy) is 2. The summed E-state index contributed by atoms with van der Waals surface area (Å²) in [5, 5.41) is 0. The fraction of sp³-hybridized carbons (Fsp3) is 0.357. The molecule has 0 amide bonds. The summed E-state index contributed by atoms with van der Waals surface area (Å²) in [5.41, 5.74) is 1.56. The van der Waals surface area contributed by atoms with E-state index in [1.807, 2.05) is 26.0 Å². The quantitative estimate of drug-likeness (QED) is 0.732. The number of benzene rings is 1. The van der Waals surface area contributed by atoms with Crippen LogP contribution in [0, 0.1) is 0 Å². The summed E-state index contributed by atoms with van der Waals surface area (Å²) in [4.78, 5) is 12.1. The lowest BCUT2D eigenvalue weighted by Crippen LogP contribution is -2.04. The largest absolute Gasteiger partial charge is 0.490 e. The molecule has 6 nitrogen and oxygen atoms in total. The maximum absolute atomic E-state index is 10.9. The molecule has 0 atom stereocenters. The van der Waals surface area contributed by atoms with Crippen molar-refractivity contribution < 1.29 is 14.0 Å². The zero-order chi connectivity index (χ0) is 15.1. The zero-order valence-corrected chi connectivity index (χ0v) is 12.8. The first-order valence-electron chi connectivity index (χ1n) is 6.64. The summed E-state index contributed by atoms with van der Waals surface area (Å²) in [7, 11) is 0.0337. The molecule has 0 bridgehead atoms. The smallest absolute Gasteiger partial charge is 0.172 e. The predicted molar refractivity (Wildman–Crippen MR) is 78.9 cm³/mol. The summed E-state index contributed by atoms with van der Waals surface area (Å²) in [6.07, 6.45) is 3.23. The molecule has 21 heavy (non-hydrogen) atoms. The maximum Gasteiger partial charge on any atom is 0.172 e. The number of hydrogen-bond donors (Lipinski definition) is 0. The van der Waals surface area contributed by atoms with Crippen LogP contribution in [0.4, 0.5) is 0 Å². The van der Waals surface area contributed by atoms with Gasteiger partial charge in [0.1, 0.15) is 12.7 Å². The highest BCUT2D eigenvalue weighted by atomic mass is 31.1. The van der Waals surface area contributed by atoms with Gasteiger partial charge < -0.3 is 9.47 Å². The maximum atomic E-state index is 10.9. The number of nitrogens with zero attached hydrogens (tertiary/aromatic N) is 3. The van der Waals surface area contributed by atoms with Crippen LogP contribution < -0.4 is 9.47 Å². The summed E-state index contributed by atoms with van der Waals surface area (Å²) >= 11 is 0. The van der Waals surface area contributed by atoms with Gasteiger partial charge in [0.25, 0.3) is 0 Å². The average Bonchev–Trinajstić information content (AvgIpc) is 2.52. The summed E-state index contributed by atoms with van der Waals surface area (Å²) in [6.45, 7) is 4.76. The molecule has 110 valence electrons. The van der Waals surface area contributed by atoms with Gasteiger partial charge in [-0.2, -0.15) is 0 Å². The normalized spacial score (nSPS) is 10.6. The first-order chi connectivity index (χ1) is 10.3. The molecule has 0 fully saturated rings. The van der Waals surface area contributed by atoms with E-state index >= 15 is 0 Å². The van der Waals surface area contributed by atoms with Crippen LogP contribution in [0.15, 0.2) is 24.8 Å². The summed E-state index contributed by atoms with van der Waals surface area (Å²) in [5.74, 6) is 1.69. The van der Waals surface area contributed by atoms with Crippen molar-refractivity contribution in [3.05, 3.63) is 30.4 Å². The van der Waals surface area contributed by atoms with Crippen LogP contribution in [0.1, 0.15) is 19.4 Å². The van der Waals surface area contributed by atoms with Crippen molar-refractivity contribution in [2.45, 2.75) is 20.0 Å². The lowest BCUT2D eigenvalue weighted by atomic mass is 10.1. The molecule has 0 N–H and O–H groups in total. The van der Waals surface area contributed by atoms with Crippen LogP contribution >= 0.6 is 8.46 Å². The second-order valence-electron chi connectivity index (χ2n) is 4.05. The molecule has 0 spiro atoms. The van der Waals surface area contributed by atoms with E-state index in [2.05, 4.69) is 15.0 Å². The Labute approximate surface area is 124 Å². The van der Waals surface area contributed by atoms with Crippen molar-refractivity contribution in [1.29, 1.82) is 0 Å². The van der Waals surface area contributed by atoms with Crippen molar-refractivity contribution in [2.24, 2.45) is 0 Å². The van der Waals surface area contributed by atoms with Gasteiger partial charge in [-0.1, -0.05) is 6.07 Å². The third kappa shape index (κ3) is 3.52. The molecule has 0 aliphatic rings. The van der Waals surface area contributed by atoms with E-state index < -0.39 is 0 Å². The minimum absolute atomic E-state index is 0.0337. The molecule has 0 aliphatic carbocycles. The Morgan fingerprint density at radius 1 is 1.05 bits per heavy atom. The van der Waals surface area contributed by atoms with Crippen molar-refractivity contribution in [3.8, 4) is 22.9 Å². The van der Waals surface area contributed by atoms with Crippen LogP contribution in [0.5, 0.6) is 11.5 Å². The Bertz CT molecular complexity index is 608. The lowest BCUT2D eigenvalue weighted by Gasteiger charge is -2.17. The summed E-state index contributed by atoms with van der Waals surface area (Å²) in [6, 6.07) is 3.71. The van der Waals surface area contributed by atoms with Crippen LogP contribution in [0.2, 0.25) is 0 Å². The molecule has 0 saturated heterocycles. The van der Waals surface area contributed by atoms with Gasteiger partial charge in [-0.15, -0.1) is 0 Å². The minimum Gasteiger partial charge on any atom is -0.490 e. The van der Waals surface area contributed by atoms with Gasteiger partial charge in [0, 0.05) is 5.56 Å². The lowest BCUT2D eigenvalue weighted by molar-refractivity contribution is 0.287. The van der Waals surface area contributed by atoms with Crippen molar-refractivity contribution in [1.82, 2.24) is 15.0 Å². The molecule has 7 heteroatoms. The zero-order valence-electron chi connectivity index (χ0n) is 11.9. The Balaban J connectivity index is 2.59. The Morgan fingerprint density at radius 3 is 2.33 bits per heavy atom. The monoisotopic (exact) mass is 305 g/mol. The van der Waals surface area contributed by atoms with Gasteiger partial charge in [0.2, 0.25) is 0 Å². The van der Waals surface area contributed by atoms with E-state index in [4.69, 9.17) is 9.47 Å². The number of hydrogen-bond acceptors (Lipinski definition) is 6. The second-order valence-corrected chi connectivity index (χ2v) is 4.62. The highest BCUT2D eigenvalue weighted by Crippen LogP contribution is 2.40. The van der Waals surface area contributed by atoms with E-state index in [1.165, 1.54) is 12.7 Å². The molecule has 0 radical (unpaired) electrons. The molecule has 0 aliphatic heterocycles. The van der Waals surface area contributed by atoms with Gasteiger partial charge >= 0.3 is 0 Å². The second kappa shape index (κ2) is 7.64. The van der Waals surface area contributed by atoms with E-state index in [9.17, 15) is 4.57 Å². The molecule has 2 rings (SSSR count). The Kier molecular flexibility index (Phi) is 5.58. The van der Waals surface area contributed by atoms with E-state index in [1.54, 1.807) is 0 Å². The minimum atomic E-state index is 0.0337. The highest BCUT2D eigenvalue weighted by Gasteiger charge is 2.18. The fourth-order valence-electron chi connectivity index (χ4n) is 1.94. The van der Waals surface area contributed by atoms with Crippen LogP contribution in [-0.2, 0) is 10.7 Å². The average molecular weight is 305 g/mol. The first-order valence-corrected chi connectivity index (χ1v) is 7.64. The van der Waals surface area contributed by atoms with Crippen LogP contribution in [0.3, 0.4) is 0 Å². The fourth-order valence-corrected chi connectivity index (χ4v) is 2.33. The number of aromatic nitrogens is 3. The third-order valence-corrected chi connectivity index (χ3v) is 3.21. The molecular formula is C14H16N3O3P. The SMILES string of the molecule is CCOc1c(CP=O)ccc(-c2ncncn2)c1OCC. The molecule has 2 aromatic rings. The molecular weight excluding hydrogens is 289 g/mol. The van der Waals surface area contributed by atoms with Gasteiger partial charge in [-0.25, -0.2) is 15.0 Å². The highest BCUT2D eigenvalue weighted by molar-refractivity contribution is 7.22. The third-order valence-electron chi connectivity index (χ3n) is 2.74. The van der Waals surface area contributed by atoms with Crippen LogP contribution in [0.25, 0.3) is 11.4 Å². The Morgan fingerprint density at radius 2 is 1.71 bits per heavy atom. The van der Waals surface area contributed by atoms with E-state index in [0.29, 0.717) is 36.7 Å². The van der Waals surface area contributed by atoms with Crippen molar-refractivity contribution >= 4 is 8.46 Å². The topological polar surface area (TPSA) is 74.2 Å². The van der Waals surface area contributed by atoms with Crippen LogP contribution in [-0.4, -0.2) is 28.2 Å². The Hall–Kier alpha value is -2.07. The van der Waals surface area contributed by atoms with Gasteiger partial charge in [-0.05, 0) is 19.9 Å². The predicted octanol–water partition coefficient (Wildman–Crippen LogP) is 3.13. The first kappa shape index (κ1) is 15.3. The van der Waals surface area contributed by atoms with Gasteiger partial charge in [-0.3, -0.25) is 4.57 Å². The molecule has 0 unspecified atom stereocenters. The molecule has 1 aromatic heterocycles.